The van der Waals surface area contributed by atoms with Crippen LogP contribution >= 0.6 is 0 Å². The zero-order valence-electron chi connectivity index (χ0n) is 16.4. The third kappa shape index (κ3) is 3.83. The van der Waals surface area contributed by atoms with Gasteiger partial charge in [-0.3, -0.25) is 0 Å². The first-order chi connectivity index (χ1) is 13.1. The first kappa shape index (κ1) is 19.0. The average molecular weight is 362 g/mol. The van der Waals surface area contributed by atoms with E-state index in [9.17, 15) is 5.11 Å². The third-order valence-corrected chi connectivity index (χ3v) is 4.81. The Hall–Kier alpha value is -2.78. The average Bonchev–Trinajstić information content (AvgIpc) is 2.68. The van der Waals surface area contributed by atoms with Crippen LogP contribution in [0, 0.1) is 13.8 Å². The van der Waals surface area contributed by atoms with Crippen LogP contribution in [0.25, 0.3) is 22.3 Å². The molecular formula is C24H26O3. The van der Waals surface area contributed by atoms with Gasteiger partial charge >= 0.3 is 0 Å². The van der Waals surface area contributed by atoms with E-state index in [2.05, 4.69) is 68.4 Å². The van der Waals surface area contributed by atoms with Crippen molar-refractivity contribution in [1.82, 2.24) is 0 Å². The predicted molar refractivity (Wildman–Crippen MR) is 111 cm³/mol. The van der Waals surface area contributed by atoms with Crippen LogP contribution in [0.15, 0.2) is 54.6 Å². The molecule has 1 N–H and O–H groups in total. The number of methoxy groups -OCH3 is 2. The van der Waals surface area contributed by atoms with Gasteiger partial charge < -0.3 is 14.6 Å². The summed E-state index contributed by atoms with van der Waals surface area (Å²) in [6.07, 6.45) is 0.507. The van der Waals surface area contributed by atoms with Gasteiger partial charge in [-0.05, 0) is 43.0 Å². The molecule has 27 heavy (non-hydrogen) atoms. The lowest BCUT2D eigenvalue weighted by Crippen LogP contribution is -2.02. The lowest BCUT2D eigenvalue weighted by molar-refractivity contribution is 0.295. The summed E-state index contributed by atoms with van der Waals surface area (Å²) < 4.78 is 11.5. The van der Waals surface area contributed by atoms with Crippen LogP contribution in [-0.2, 0) is 6.42 Å². The van der Waals surface area contributed by atoms with Crippen LogP contribution in [0.2, 0.25) is 0 Å². The van der Waals surface area contributed by atoms with Crippen molar-refractivity contribution >= 4 is 0 Å². The van der Waals surface area contributed by atoms with Crippen molar-refractivity contribution in [1.29, 1.82) is 0 Å². The quantitative estimate of drug-likeness (QED) is 0.656. The highest BCUT2D eigenvalue weighted by Gasteiger charge is 2.21. The number of ether oxygens (including phenoxy) is 2. The van der Waals surface area contributed by atoms with E-state index in [0.29, 0.717) is 17.9 Å². The summed E-state index contributed by atoms with van der Waals surface area (Å²) >= 11 is 0. The van der Waals surface area contributed by atoms with Gasteiger partial charge in [0, 0.05) is 17.7 Å². The molecular weight excluding hydrogens is 336 g/mol. The molecule has 3 nitrogen and oxygen atoms in total. The third-order valence-electron chi connectivity index (χ3n) is 4.81. The minimum atomic E-state index is 0.0523. The molecule has 3 rings (SSSR count). The molecule has 0 fully saturated rings. The lowest BCUT2D eigenvalue weighted by atomic mass is 9.90. The Morgan fingerprint density at radius 2 is 1.26 bits per heavy atom. The highest BCUT2D eigenvalue weighted by Crippen LogP contribution is 2.47. The number of hydrogen-bond donors (Lipinski definition) is 1. The number of aliphatic hydroxyl groups is 1. The molecule has 0 aromatic heterocycles. The zero-order valence-corrected chi connectivity index (χ0v) is 16.4. The number of hydrogen-bond acceptors (Lipinski definition) is 3. The molecule has 0 aliphatic heterocycles. The second-order valence-corrected chi connectivity index (χ2v) is 6.73. The fraction of sp³-hybridized carbons (Fsp3) is 0.250. The van der Waals surface area contributed by atoms with Gasteiger partial charge in [-0.15, -0.1) is 0 Å². The van der Waals surface area contributed by atoms with E-state index in [1.165, 1.54) is 11.1 Å². The summed E-state index contributed by atoms with van der Waals surface area (Å²) in [5.41, 5.74) is 7.60. The second-order valence-electron chi connectivity index (χ2n) is 6.73. The largest absolute Gasteiger partial charge is 0.493 e. The molecule has 3 heteroatoms. The van der Waals surface area contributed by atoms with E-state index in [0.717, 1.165) is 27.8 Å². The molecule has 3 aromatic carbocycles. The summed E-state index contributed by atoms with van der Waals surface area (Å²) in [5.74, 6) is 1.38. The van der Waals surface area contributed by atoms with Gasteiger partial charge in [-0.2, -0.15) is 0 Å². The van der Waals surface area contributed by atoms with E-state index in [-0.39, 0.29) is 6.61 Å². The predicted octanol–water partition coefficient (Wildman–Crippen LogP) is 5.19. The molecule has 3 aromatic rings. The van der Waals surface area contributed by atoms with E-state index in [4.69, 9.17) is 9.47 Å². The molecule has 0 radical (unpaired) electrons. The molecule has 0 bridgehead atoms. The number of benzene rings is 3. The van der Waals surface area contributed by atoms with Gasteiger partial charge in [0.2, 0.25) is 0 Å². The number of rotatable bonds is 6. The first-order valence-corrected chi connectivity index (χ1v) is 9.11. The van der Waals surface area contributed by atoms with Gasteiger partial charge in [0.1, 0.15) is 0 Å². The second kappa shape index (κ2) is 8.28. The normalized spacial score (nSPS) is 10.7. The summed E-state index contributed by atoms with van der Waals surface area (Å²) in [6, 6.07) is 19.0. The van der Waals surface area contributed by atoms with Crippen LogP contribution in [0.1, 0.15) is 16.7 Å². The molecule has 0 amide bonds. The first-order valence-electron chi connectivity index (χ1n) is 9.11. The SMILES string of the molecule is COc1c(CCO)cc(-c2ccc(C)cc2)c(-c2ccc(C)cc2)c1OC. The van der Waals surface area contributed by atoms with Crippen molar-refractivity contribution in [2.75, 3.05) is 20.8 Å². The van der Waals surface area contributed by atoms with E-state index < -0.39 is 0 Å². The van der Waals surface area contributed by atoms with Crippen molar-refractivity contribution in [2.24, 2.45) is 0 Å². The van der Waals surface area contributed by atoms with Gasteiger partial charge in [0.15, 0.2) is 11.5 Å². The number of aliphatic hydroxyl groups excluding tert-OH is 1. The van der Waals surface area contributed by atoms with Crippen LogP contribution < -0.4 is 9.47 Å². The van der Waals surface area contributed by atoms with Crippen molar-refractivity contribution < 1.29 is 14.6 Å². The van der Waals surface area contributed by atoms with Crippen LogP contribution in [-0.4, -0.2) is 25.9 Å². The monoisotopic (exact) mass is 362 g/mol. The Kier molecular flexibility index (Phi) is 5.82. The fourth-order valence-corrected chi connectivity index (χ4v) is 3.39. The number of aryl methyl sites for hydroxylation is 2. The minimum Gasteiger partial charge on any atom is -0.493 e. The zero-order chi connectivity index (χ0) is 19.4. The van der Waals surface area contributed by atoms with Crippen molar-refractivity contribution in [2.45, 2.75) is 20.3 Å². The topological polar surface area (TPSA) is 38.7 Å². The molecule has 140 valence electrons. The maximum Gasteiger partial charge on any atom is 0.169 e. The summed E-state index contributed by atoms with van der Waals surface area (Å²) in [4.78, 5) is 0. The van der Waals surface area contributed by atoms with Crippen LogP contribution in [0.4, 0.5) is 0 Å². The Balaban J connectivity index is 2.35. The van der Waals surface area contributed by atoms with Crippen LogP contribution in [0.5, 0.6) is 11.5 Å². The van der Waals surface area contributed by atoms with E-state index in [1.54, 1.807) is 14.2 Å². The highest BCUT2D eigenvalue weighted by molar-refractivity contribution is 5.90. The van der Waals surface area contributed by atoms with Crippen molar-refractivity contribution in [3.8, 4) is 33.8 Å². The maximum atomic E-state index is 9.52. The summed E-state index contributed by atoms with van der Waals surface area (Å²) in [6.45, 7) is 4.21. The summed E-state index contributed by atoms with van der Waals surface area (Å²) in [7, 11) is 3.31. The highest BCUT2D eigenvalue weighted by atomic mass is 16.5. The molecule has 0 spiro atoms. The Bertz CT molecular complexity index is 910. The van der Waals surface area contributed by atoms with Gasteiger partial charge in [-0.25, -0.2) is 0 Å². The molecule has 0 saturated heterocycles. The molecule has 0 atom stereocenters. The molecule has 0 unspecified atom stereocenters. The van der Waals surface area contributed by atoms with Gasteiger partial charge in [-0.1, -0.05) is 59.7 Å². The molecule has 0 heterocycles. The minimum absolute atomic E-state index is 0.0523. The molecule has 0 saturated carbocycles. The van der Waals surface area contributed by atoms with E-state index >= 15 is 0 Å². The Morgan fingerprint density at radius 1 is 0.741 bits per heavy atom. The maximum absolute atomic E-state index is 9.52. The fourth-order valence-electron chi connectivity index (χ4n) is 3.39. The van der Waals surface area contributed by atoms with E-state index in [1.807, 2.05) is 0 Å². The van der Waals surface area contributed by atoms with Gasteiger partial charge in [0.25, 0.3) is 0 Å². The van der Waals surface area contributed by atoms with Crippen LogP contribution in [0.3, 0.4) is 0 Å². The van der Waals surface area contributed by atoms with Crippen molar-refractivity contribution in [3.05, 3.63) is 71.3 Å². The molecule has 0 aliphatic carbocycles. The summed E-state index contributed by atoms with van der Waals surface area (Å²) in [5, 5.41) is 9.52. The van der Waals surface area contributed by atoms with Crippen molar-refractivity contribution in [3.63, 3.8) is 0 Å². The lowest BCUT2D eigenvalue weighted by Gasteiger charge is -2.21. The smallest absolute Gasteiger partial charge is 0.169 e. The van der Waals surface area contributed by atoms with Gasteiger partial charge in [0.05, 0.1) is 14.2 Å². The standard InChI is InChI=1S/C24H26O3/c1-16-5-9-18(10-6-16)21-15-20(13-14-25)23(26-3)24(27-4)22(21)19-11-7-17(2)8-12-19/h5-12,15,25H,13-14H2,1-4H3. The Morgan fingerprint density at radius 3 is 1.74 bits per heavy atom. The molecule has 0 aliphatic rings. The Labute approximate surface area is 161 Å².